The van der Waals surface area contributed by atoms with Crippen LogP contribution >= 0.6 is 0 Å². The minimum Gasteiger partial charge on any atom is -0.308 e. The summed E-state index contributed by atoms with van der Waals surface area (Å²) in [6.45, 7) is 23.1. The van der Waals surface area contributed by atoms with E-state index in [1.807, 2.05) is 36.4 Å². The third kappa shape index (κ3) is 6.33. The third-order valence-corrected chi connectivity index (χ3v) is 12.8. The Morgan fingerprint density at radius 1 is 0.429 bits per heavy atom. The smallest absolute Gasteiger partial charge is 0.308 e. The van der Waals surface area contributed by atoms with E-state index in [0.29, 0.717) is 16.9 Å². The lowest BCUT2D eigenvalue weighted by Gasteiger charge is -2.22. The van der Waals surface area contributed by atoms with Gasteiger partial charge in [-0.2, -0.15) is 13.2 Å². The van der Waals surface area contributed by atoms with Crippen molar-refractivity contribution < 1.29 is 13.2 Å². The molecule has 0 saturated carbocycles. The van der Waals surface area contributed by atoms with E-state index in [-0.39, 0.29) is 16.8 Å². The Labute approximate surface area is 365 Å². The van der Waals surface area contributed by atoms with Gasteiger partial charge in [-0.25, -0.2) is 4.85 Å². The number of benzene rings is 8. The van der Waals surface area contributed by atoms with Crippen molar-refractivity contribution in [2.75, 3.05) is 0 Å². The second-order valence-corrected chi connectivity index (χ2v) is 17.2. The zero-order chi connectivity index (χ0) is 44.1. The number of hydrogen-bond donors (Lipinski definition) is 0. The quantitative estimate of drug-likeness (QED) is 0.154. The van der Waals surface area contributed by atoms with E-state index in [1.54, 1.807) is 13.0 Å². The summed E-state index contributed by atoms with van der Waals surface area (Å²) in [5.74, 6) is 0. The van der Waals surface area contributed by atoms with E-state index in [4.69, 9.17) is 6.57 Å². The predicted molar refractivity (Wildman–Crippen MR) is 256 cm³/mol. The van der Waals surface area contributed by atoms with Crippen molar-refractivity contribution in [2.24, 2.45) is 0 Å². The first kappa shape index (κ1) is 39.8. The highest BCUT2D eigenvalue weighted by molar-refractivity contribution is 6.13. The molecule has 0 atom stereocenters. The molecule has 0 aliphatic carbocycles. The summed E-state index contributed by atoms with van der Waals surface area (Å²) >= 11 is 0. The van der Waals surface area contributed by atoms with E-state index in [0.717, 1.165) is 71.9 Å². The van der Waals surface area contributed by atoms with Crippen molar-refractivity contribution >= 4 is 49.3 Å². The van der Waals surface area contributed by atoms with Crippen LogP contribution in [0.1, 0.15) is 44.5 Å². The Morgan fingerprint density at radius 2 is 0.873 bits per heavy atom. The van der Waals surface area contributed by atoms with Crippen molar-refractivity contribution in [3.05, 3.63) is 195 Å². The number of aryl methyl sites for hydroxylation is 7. The molecule has 10 aromatic rings. The van der Waals surface area contributed by atoms with Gasteiger partial charge in [-0.15, -0.1) is 0 Å². The van der Waals surface area contributed by atoms with Crippen LogP contribution in [0.25, 0.3) is 93.2 Å². The Kier molecular flexibility index (Phi) is 9.24. The maximum atomic E-state index is 15.1. The monoisotopic (exact) mass is 827 g/mol. The fraction of sp³-hybridized carbons (Fsp3) is 0.140. The zero-order valence-electron chi connectivity index (χ0n) is 36.3. The molecule has 8 aromatic carbocycles. The van der Waals surface area contributed by atoms with Crippen molar-refractivity contribution in [2.45, 2.75) is 54.6 Å². The van der Waals surface area contributed by atoms with Gasteiger partial charge in [0.05, 0.1) is 45.6 Å². The molecular formula is C57H44F3N3. The van der Waals surface area contributed by atoms with Crippen LogP contribution in [-0.4, -0.2) is 9.13 Å². The van der Waals surface area contributed by atoms with E-state index < -0.39 is 11.7 Å². The van der Waals surface area contributed by atoms with E-state index in [1.165, 1.54) is 39.4 Å². The average molecular weight is 828 g/mol. The van der Waals surface area contributed by atoms with Gasteiger partial charge in [-0.1, -0.05) is 108 Å². The topological polar surface area (TPSA) is 14.2 Å². The first-order valence-electron chi connectivity index (χ1n) is 21.2. The third-order valence-electron chi connectivity index (χ3n) is 12.8. The summed E-state index contributed by atoms with van der Waals surface area (Å²) in [5, 5.41) is 4.09. The highest BCUT2D eigenvalue weighted by Crippen LogP contribution is 2.48. The van der Waals surface area contributed by atoms with Crippen LogP contribution in [-0.2, 0) is 6.18 Å². The highest BCUT2D eigenvalue weighted by Gasteiger charge is 2.35. The van der Waals surface area contributed by atoms with Gasteiger partial charge in [-0.05, 0) is 152 Å². The minimum absolute atomic E-state index is 0.00555. The molecule has 0 amide bonds. The lowest BCUT2D eigenvalue weighted by Crippen LogP contribution is -2.09. The van der Waals surface area contributed by atoms with Gasteiger partial charge in [0.2, 0.25) is 0 Å². The van der Waals surface area contributed by atoms with Gasteiger partial charge in [-0.3, -0.25) is 0 Å². The van der Waals surface area contributed by atoms with Gasteiger partial charge in [0.25, 0.3) is 0 Å². The maximum absolute atomic E-state index is 15.1. The number of rotatable bonds is 5. The molecular weight excluding hydrogens is 784 g/mol. The number of alkyl halides is 3. The second kappa shape index (κ2) is 14.6. The van der Waals surface area contributed by atoms with Crippen molar-refractivity contribution in [1.82, 2.24) is 9.13 Å². The highest BCUT2D eigenvalue weighted by atomic mass is 19.4. The standard InChI is InChI=1S/C57H44F3N3/c1-32-24-35(4)54(36(5)25-32)39-20-22-43-41-15-9-11-18-48(41)62(50(43)28-39)52-30-45(56-34(3)14-13-17-46(56)57(58,59)60)47(61-8)31-53(52)63-49-19-12-10-16-42(49)44-23-21-40(29-51(44)63)55-37(6)26-33(2)27-38(55)7/h9-31H,1-7H3. The van der Waals surface area contributed by atoms with Gasteiger partial charge in [0, 0.05) is 21.5 Å². The minimum atomic E-state index is -4.65. The van der Waals surface area contributed by atoms with Gasteiger partial charge in [0.15, 0.2) is 5.69 Å². The summed E-state index contributed by atoms with van der Waals surface area (Å²) in [5.41, 5.74) is 16.5. The molecule has 0 fully saturated rings. The summed E-state index contributed by atoms with van der Waals surface area (Å²) in [7, 11) is 0. The molecule has 308 valence electrons. The van der Waals surface area contributed by atoms with Crippen LogP contribution in [0.3, 0.4) is 0 Å². The summed E-state index contributed by atoms with van der Waals surface area (Å²) < 4.78 is 49.6. The number of fused-ring (bicyclic) bond motifs is 6. The van der Waals surface area contributed by atoms with Crippen molar-refractivity contribution in [3.63, 3.8) is 0 Å². The van der Waals surface area contributed by atoms with Crippen LogP contribution in [0.2, 0.25) is 0 Å². The lowest BCUT2D eigenvalue weighted by molar-refractivity contribution is -0.137. The second-order valence-electron chi connectivity index (χ2n) is 17.2. The fourth-order valence-corrected chi connectivity index (χ4v) is 10.5. The molecule has 2 aromatic heterocycles. The van der Waals surface area contributed by atoms with Gasteiger partial charge in [0.1, 0.15) is 0 Å². The van der Waals surface area contributed by atoms with Crippen LogP contribution in [0.15, 0.2) is 140 Å². The summed E-state index contributed by atoms with van der Waals surface area (Å²) in [6, 6.07) is 46.3. The van der Waals surface area contributed by atoms with Crippen LogP contribution in [0.5, 0.6) is 0 Å². The van der Waals surface area contributed by atoms with Crippen LogP contribution in [0.4, 0.5) is 18.9 Å². The van der Waals surface area contributed by atoms with Gasteiger partial charge < -0.3 is 9.13 Å². The van der Waals surface area contributed by atoms with E-state index in [9.17, 15) is 0 Å². The Morgan fingerprint density at radius 3 is 1.33 bits per heavy atom. The van der Waals surface area contributed by atoms with Crippen LogP contribution < -0.4 is 0 Å². The van der Waals surface area contributed by atoms with Crippen LogP contribution in [0, 0.1) is 55.0 Å². The SMILES string of the molecule is [C-]#[N+]c1cc(-n2c3ccccc3c3ccc(-c4c(C)cc(C)cc4C)cc32)c(-n2c3ccccc3c3ccc(-c4c(C)cc(C)cc4C)cc32)cc1-c1c(C)cccc1C(F)(F)F. The largest absolute Gasteiger partial charge is 0.416 e. The van der Waals surface area contributed by atoms with E-state index in [2.05, 4.69) is 140 Å². The molecule has 2 heterocycles. The molecule has 0 radical (unpaired) electrons. The zero-order valence-corrected chi connectivity index (χ0v) is 36.3. The normalized spacial score (nSPS) is 12.0. The molecule has 0 N–H and O–H groups in total. The summed E-state index contributed by atoms with van der Waals surface area (Å²) in [6.07, 6.45) is -4.65. The van der Waals surface area contributed by atoms with E-state index >= 15 is 13.2 Å². The Balaban J connectivity index is 1.39. The lowest BCUT2D eigenvalue weighted by atomic mass is 9.92. The fourth-order valence-electron chi connectivity index (χ4n) is 10.5. The maximum Gasteiger partial charge on any atom is 0.416 e. The molecule has 63 heavy (non-hydrogen) atoms. The molecule has 0 unspecified atom stereocenters. The van der Waals surface area contributed by atoms with Crippen molar-refractivity contribution in [3.8, 4) is 44.8 Å². The number of aromatic nitrogens is 2. The molecule has 0 saturated heterocycles. The predicted octanol–water partition coefficient (Wildman–Crippen LogP) is 16.6. The Bertz CT molecular complexity index is 3540. The molecule has 3 nitrogen and oxygen atoms in total. The molecule has 6 heteroatoms. The average Bonchev–Trinajstić information content (AvgIpc) is 3.74. The molecule has 0 spiro atoms. The van der Waals surface area contributed by atoms with Gasteiger partial charge >= 0.3 is 6.18 Å². The molecule has 0 aliphatic heterocycles. The van der Waals surface area contributed by atoms with Crippen molar-refractivity contribution in [1.29, 1.82) is 0 Å². The number of halogens is 3. The number of hydrogen-bond acceptors (Lipinski definition) is 0. The number of nitrogens with zero attached hydrogens (tertiary/aromatic N) is 3. The number of para-hydroxylation sites is 2. The first-order chi connectivity index (χ1) is 30.2. The summed E-state index contributed by atoms with van der Waals surface area (Å²) in [4.78, 5) is 4.03. The first-order valence-corrected chi connectivity index (χ1v) is 21.2. The molecule has 0 aliphatic rings. The molecule has 10 rings (SSSR count). The Hall–Kier alpha value is -7.36. The molecule has 0 bridgehead atoms.